The number of hydrogen-bond acceptors (Lipinski definition) is 2. The van der Waals surface area contributed by atoms with Gasteiger partial charge >= 0.3 is 0 Å². The van der Waals surface area contributed by atoms with Gasteiger partial charge in [-0.1, -0.05) is 63.5 Å². The topological polar surface area (TPSA) is 21.3 Å². The zero-order valence-corrected chi connectivity index (χ0v) is 16.1. The van der Waals surface area contributed by atoms with Crippen molar-refractivity contribution in [3.8, 4) is 5.75 Å². The first-order valence-corrected chi connectivity index (χ1v) is 9.17. The Morgan fingerprint density at radius 2 is 1.68 bits per heavy atom. The van der Waals surface area contributed by atoms with Gasteiger partial charge in [0.15, 0.2) is 0 Å². The largest absolute Gasteiger partial charge is 0.489 e. The summed E-state index contributed by atoms with van der Waals surface area (Å²) in [5.74, 6) is 0.907. The maximum Gasteiger partial charge on any atom is 0.124 e. The molecule has 128 valence electrons. The second kappa shape index (κ2) is 8.21. The van der Waals surface area contributed by atoms with Gasteiger partial charge in [0.05, 0.1) is 0 Å². The monoisotopic (exact) mass is 395 g/mol. The molecule has 0 spiro atoms. The van der Waals surface area contributed by atoms with Crippen LogP contribution in [0.4, 0.5) is 5.69 Å². The minimum absolute atomic E-state index is 0.570. The van der Waals surface area contributed by atoms with Crippen LogP contribution in [0, 0.1) is 13.8 Å². The molecule has 3 rings (SSSR count). The second-order valence-corrected chi connectivity index (χ2v) is 7.17. The van der Waals surface area contributed by atoms with Crippen LogP contribution in [0.3, 0.4) is 0 Å². The molecule has 0 heterocycles. The maximum absolute atomic E-state index is 6.08. The Labute approximate surface area is 158 Å². The first-order chi connectivity index (χ1) is 12.1. The summed E-state index contributed by atoms with van der Waals surface area (Å²) in [6.07, 6.45) is 0. The van der Waals surface area contributed by atoms with Crippen LogP contribution in [-0.4, -0.2) is 0 Å². The summed E-state index contributed by atoms with van der Waals surface area (Å²) >= 11 is 3.55. The summed E-state index contributed by atoms with van der Waals surface area (Å²) in [4.78, 5) is 0. The van der Waals surface area contributed by atoms with E-state index < -0.39 is 0 Å². The van der Waals surface area contributed by atoms with Gasteiger partial charge in [-0.05, 0) is 49.7 Å². The average molecular weight is 396 g/mol. The molecule has 3 aromatic carbocycles. The molecule has 25 heavy (non-hydrogen) atoms. The fourth-order valence-electron chi connectivity index (χ4n) is 2.66. The van der Waals surface area contributed by atoms with E-state index in [2.05, 4.69) is 89.7 Å². The van der Waals surface area contributed by atoms with Crippen LogP contribution in [0.15, 0.2) is 71.2 Å². The van der Waals surface area contributed by atoms with Crippen LogP contribution < -0.4 is 10.1 Å². The van der Waals surface area contributed by atoms with Gasteiger partial charge in [0.25, 0.3) is 0 Å². The Morgan fingerprint density at radius 3 is 2.44 bits per heavy atom. The van der Waals surface area contributed by atoms with E-state index in [4.69, 9.17) is 4.74 Å². The molecule has 0 unspecified atom stereocenters. The highest BCUT2D eigenvalue weighted by Gasteiger charge is 2.06. The molecule has 2 nitrogen and oxygen atoms in total. The van der Waals surface area contributed by atoms with E-state index in [1.165, 1.54) is 16.7 Å². The van der Waals surface area contributed by atoms with Gasteiger partial charge < -0.3 is 10.1 Å². The summed E-state index contributed by atoms with van der Waals surface area (Å²) in [6.45, 7) is 5.47. The van der Waals surface area contributed by atoms with Crippen molar-refractivity contribution in [2.45, 2.75) is 27.0 Å². The third-order valence-electron chi connectivity index (χ3n) is 4.03. The van der Waals surface area contributed by atoms with Gasteiger partial charge in [0.1, 0.15) is 12.4 Å². The zero-order chi connectivity index (χ0) is 17.6. The van der Waals surface area contributed by atoms with E-state index in [0.717, 1.165) is 21.5 Å². The highest BCUT2D eigenvalue weighted by molar-refractivity contribution is 9.10. The fraction of sp³-hybridized carbons (Fsp3) is 0.182. The highest BCUT2D eigenvalue weighted by atomic mass is 79.9. The predicted octanol–water partition coefficient (Wildman–Crippen LogP) is 6.26. The lowest BCUT2D eigenvalue weighted by atomic mass is 10.1. The smallest absolute Gasteiger partial charge is 0.124 e. The highest BCUT2D eigenvalue weighted by Crippen LogP contribution is 2.25. The van der Waals surface area contributed by atoms with Crippen molar-refractivity contribution in [1.82, 2.24) is 0 Å². The molecule has 3 heteroatoms. The molecule has 0 saturated carbocycles. The number of halogens is 1. The van der Waals surface area contributed by atoms with Gasteiger partial charge in [-0.15, -0.1) is 0 Å². The van der Waals surface area contributed by atoms with Crippen molar-refractivity contribution in [3.63, 3.8) is 0 Å². The second-order valence-electron chi connectivity index (χ2n) is 6.25. The summed E-state index contributed by atoms with van der Waals surface area (Å²) in [6, 6.07) is 23.0. The Kier molecular flexibility index (Phi) is 5.77. The number of benzene rings is 3. The van der Waals surface area contributed by atoms with E-state index in [0.29, 0.717) is 13.2 Å². The molecule has 3 aromatic rings. The molecular weight excluding hydrogens is 374 g/mol. The molecule has 0 aliphatic carbocycles. The Morgan fingerprint density at radius 1 is 0.880 bits per heavy atom. The third-order valence-corrected chi connectivity index (χ3v) is 4.53. The maximum atomic E-state index is 6.08. The minimum atomic E-state index is 0.570. The summed E-state index contributed by atoms with van der Waals surface area (Å²) in [7, 11) is 0. The molecule has 0 amide bonds. The molecule has 0 atom stereocenters. The van der Waals surface area contributed by atoms with Gasteiger partial charge in [0.2, 0.25) is 0 Å². The van der Waals surface area contributed by atoms with Gasteiger partial charge in [-0.3, -0.25) is 0 Å². The van der Waals surface area contributed by atoms with Crippen molar-refractivity contribution in [2.24, 2.45) is 0 Å². The van der Waals surface area contributed by atoms with E-state index in [-0.39, 0.29) is 0 Å². The number of ether oxygens (including phenoxy) is 1. The normalized spacial score (nSPS) is 10.5. The summed E-state index contributed by atoms with van der Waals surface area (Å²) in [5.41, 5.74) is 5.92. The number of hydrogen-bond donors (Lipinski definition) is 1. The van der Waals surface area contributed by atoms with E-state index in [9.17, 15) is 0 Å². The van der Waals surface area contributed by atoms with Crippen molar-refractivity contribution in [3.05, 3.63) is 93.5 Å². The van der Waals surface area contributed by atoms with Crippen LogP contribution in [-0.2, 0) is 13.2 Å². The van der Waals surface area contributed by atoms with E-state index in [1.54, 1.807) is 0 Å². The number of nitrogens with one attached hydrogen (secondary N) is 1. The summed E-state index contributed by atoms with van der Waals surface area (Å²) in [5, 5.41) is 3.46. The summed E-state index contributed by atoms with van der Waals surface area (Å²) < 4.78 is 7.13. The Balaban J connectivity index is 1.70. The molecule has 0 bridgehead atoms. The SMILES string of the molecule is Cc1ccc(NCc2cc(Br)ccc2OCc2cccc(C)c2)cc1. The molecule has 1 N–H and O–H groups in total. The molecule has 0 radical (unpaired) electrons. The lowest BCUT2D eigenvalue weighted by Crippen LogP contribution is -2.04. The molecule has 0 saturated heterocycles. The van der Waals surface area contributed by atoms with Crippen molar-refractivity contribution in [2.75, 3.05) is 5.32 Å². The first-order valence-electron chi connectivity index (χ1n) is 8.37. The quantitative estimate of drug-likeness (QED) is 0.531. The predicted molar refractivity (Wildman–Crippen MR) is 108 cm³/mol. The fourth-order valence-corrected chi connectivity index (χ4v) is 3.07. The molecule has 0 aliphatic heterocycles. The van der Waals surface area contributed by atoms with Gasteiger partial charge in [-0.25, -0.2) is 0 Å². The van der Waals surface area contributed by atoms with Crippen molar-refractivity contribution >= 4 is 21.6 Å². The van der Waals surface area contributed by atoms with E-state index in [1.807, 2.05) is 12.1 Å². The third kappa shape index (κ3) is 5.10. The Hall–Kier alpha value is -2.26. The Bertz CT molecular complexity index is 843. The van der Waals surface area contributed by atoms with Crippen LogP contribution in [0.1, 0.15) is 22.3 Å². The standard InChI is InChI=1S/C22H22BrNO/c1-16-6-9-21(10-7-16)24-14-19-13-20(23)8-11-22(19)25-15-18-5-3-4-17(2)12-18/h3-13,24H,14-15H2,1-2H3. The van der Waals surface area contributed by atoms with Gasteiger partial charge in [-0.2, -0.15) is 0 Å². The molecule has 0 fully saturated rings. The zero-order valence-electron chi connectivity index (χ0n) is 14.6. The van der Waals surface area contributed by atoms with Crippen molar-refractivity contribution in [1.29, 1.82) is 0 Å². The van der Waals surface area contributed by atoms with Crippen LogP contribution in [0.5, 0.6) is 5.75 Å². The van der Waals surface area contributed by atoms with Crippen LogP contribution in [0.25, 0.3) is 0 Å². The first kappa shape index (κ1) is 17.6. The number of aryl methyl sites for hydroxylation is 2. The van der Waals surface area contributed by atoms with Crippen molar-refractivity contribution < 1.29 is 4.74 Å². The van der Waals surface area contributed by atoms with Gasteiger partial charge in [0, 0.05) is 22.3 Å². The molecular formula is C22H22BrNO. The molecule has 0 aliphatic rings. The number of rotatable bonds is 6. The number of anilines is 1. The van der Waals surface area contributed by atoms with Crippen LogP contribution in [0.2, 0.25) is 0 Å². The molecule has 0 aromatic heterocycles. The lowest BCUT2D eigenvalue weighted by Gasteiger charge is -2.14. The van der Waals surface area contributed by atoms with Crippen LogP contribution >= 0.6 is 15.9 Å². The average Bonchev–Trinajstić information content (AvgIpc) is 2.60. The lowest BCUT2D eigenvalue weighted by molar-refractivity contribution is 0.303. The van der Waals surface area contributed by atoms with E-state index >= 15 is 0 Å². The minimum Gasteiger partial charge on any atom is -0.489 e.